The average Bonchev–Trinajstić information content (AvgIpc) is 3.38. The van der Waals surface area contributed by atoms with Gasteiger partial charge in [-0.2, -0.15) is 5.10 Å². The lowest BCUT2D eigenvalue weighted by Gasteiger charge is -2.12. The molecule has 0 fully saturated rings. The largest absolute Gasteiger partial charge is 0.319 e. The predicted molar refractivity (Wildman–Crippen MR) is 110 cm³/mol. The topological polar surface area (TPSA) is 86.0 Å². The minimum absolute atomic E-state index is 0.0311. The van der Waals surface area contributed by atoms with Gasteiger partial charge in [0.25, 0.3) is 5.91 Å². The van der Waals surface area contributed by atoms with Gasteiger partial charge in [-0.25, -0.2) is 21.9 Å². The molecule has 158 valence electrons. The molecule has 0 saturated carbocycles. The number of benzene rings is 2. The van der Waals surface area contributed by atoms with Crippen LogP contribution in [0.25, 0.3) is 11.5 Å². The van der Waals surface area contributed by atoms with Crippen LogP contribution in [-0.2, 0) is 9.84 Å². The summed E-state index contributed by atoms with van der Waals surface area (Å²) in [6, 6.07) is 12.5. The van der Waals surface area contributed by atoms with E-state index in [0.717, 1.165) is 24.5 Å². The molecule has 2 aromatic carbocycles. The standard InChI is InChI=1S/C21H16F2N4O3S/c1-31(29,30)14-8-9-16(22)18(12-14)25-20(28)15-13-24-27(19-7-3-2-6-17(19)23)21(15)26-10-4-5-11-26/h2-13H,1H3,(H,25,28). The molecular weight excluding hydrogens is 426 g/mol. The van der Waals surface area contributed by atoms with Crippen LogP contribution in [-0.4, -0.2) is 34.9 Å². The Labute approximate surface area is 176 Å². The first-order valence-corrected chi connectivity index (χ1v) is 10.9. The van der Waals surface area contributed by atoms with Crippen LogP contribution in [0.3, 0.4) is 0 Å². The van der Waals surface area contributed by atoms with Crippen molar-refractivity contribution in [2.75, 3.05) is 11.6 Å². The summed E-state index contributed by atoms with van der Waals surface area (Å²) in [5.41, 5.74) is -0.149. The van der Waals surface area contributed by atoms with Crippen LogP contribution in [0.2, 0.25) is 0 Å². The summed E-state index contributed by atoms with van der Waals surface area (Å²) in [6.07, 6.45) is 5.51. The second kappa shape index (κ2) is 7.80. The Morgan fingerprint density at radius 1 is 1.00 bits per heavy atom. The summed E-state index contributed by atoms with van der Waals surface area (Å²) in [4.78, 5) is 12.8. The molecular formula is C21H16F2N4O3S. The number of nitrogens with zero attached hydrogens (tertiary/aromatic N) is 3. The first-order chi connectivity index (χ1) is 14.8. The van der Waals surface area contributed by atoms with E-state index in [0.29, 0.717) is 0 Å². The van der Waals surface area contributed by atoms with Crippen LogP contribution < -0.4 is 5.32 Å². The fraction of sp³-hybridized carbons (Fsp3) is 0.0476. The summed E-state index contributed by atoms with van der Waals surface area (Å²) in [5, 5.41) is 6.53. The number of hydrogen-bond donors (Lipinski definition) is 1. The minimum atomic E-state index is -3.60. The third-order valence-corrected chi connectivity index (χ3v) is 5.64. The molecule has 2 aromatic heterocycles. The second-order valence-corrected chi connectivity index (χ2v) is 8.72. The average molecular weight is 442 g/mol. The molecule has 0 bridgehead atoms. The molecule has 0 unspecified atom stereocenters. The molecule has 1 amide bonds. The highest BCUT2D eigenvalue weighted by atomic mass is 32.2. The number of nitrogens with one attached hydrogen (secondary N) is 1. The van der Waals surface area contributed by atoms with Crippen molar-refractivity contribution in [1.82, 2.24) is 14.3 Å². The zero-order valence-corrected chi connectivity index (χ0v) is 17.0. The van der Waals surface area contributed by atoms with Crippen LogP contribution >= 0.6 is 0 Å². The van der Waals surface area contributed by atoms with Gasteiger partial charge in [0.1, 0.15) is 22.9 Å². The molecule has 4 aromatic rings. The second-order valence-electron chi connectivity index (χ2n) is 6.70. The summed E-state index contributed by atoms with van der Waals surface area (Å²) in [5.74, 6) is -1.86. The van der Waals surface area contributed by atoms with Crippen molar-refractivity contribution in [1.29, 1.82) is 0 Å². The van der Waals surface area contributed by atoms with Gasteiger partial charge in [-0.1, -0.05) is 12.1 Å². The number of amides is 1. The molecule has 0 spiro atoms. The van der Waals surface area contributed by atoms with Gasteiger partial charge in [-0.3, -0.25) is 4.79 Å². The maximum Gasteiger partial charge on any atom is 0.261 e. The number of rotatable bonds is 5. The van der Waals surface area contributed by atoms with Gasteiger partial charge in [0.05, 0.1) is 16.8 Å². The molecule has 0 atom stereocenters. The Bertz CT molecular complexity index is 1380. The molecule has 0 saturated heterocycles. The van der Waals surface area contributed by atoms with Crippen molar-refractivity contribution in [3.63, 3.8) is 0 Å². The normalized spacial score (nSPS) is 11.5. The van der Waals surface area contributed by atoms with Gasteiger partial charge >= 0.3 is 0 Å². The van der Waals surface area contributed by atoms with Crippen LogP contribution in [0.1, 0.15) is 10.4 Å². The van der Waals surface area contributed by atoms with E-state index in [4.69, 9.17) is 0 Å². The molecule has 2 heterocycles. The SMILES string of the molecule is CS(=O)(=O)c1ccc(F)c(NC(=O)c2cnn(-c3ccccc3F)c2-n2cccc2)c1. The zero-order valence-electron chi connectivity index (χ0n) is 16.2. The summed E-state index contributed by atoms with van der Waals surface area (Å²) < 4.78 is 55.0. The number of aromatic nitrogens is 3. The lowest BCUT2D eigenvalue weighted by atomic mass is 10.2. The van der Waals surface area contributed by atoms with Crippen molar-refractivity contribution < 1.29 is 22.0 Å². The first kappa shape index (κ1) is 20.5. The lowest BCUT2D eigenvalue weighted by Crippen LogP contribution is -2.16. The van der Waals surface area contributed by atoms with Crippen molar-refractivity contribution in [2.45, 2.75) is 4.90 Å². The quantitative estimate of drug-likeness (QED) is 0.479. The molecule has 0 aliphatic rings. The maximum absolute atomic E-state index is 14.4. The number of halogens is 2. The highest BCUT2D eigenvalue weighted by Gasteiger charge is 2.22. The third-order valence-electron chi connectivity index (χ3n) is 4.53. The van der Waals surface area contributed by atoms with Gasteiger partial charge in [-0.15, -0.1) is 0 Å². The van der Waals surface area contributed by atoms with Crippen LogP contribution in [0, 0.1) is 11.6 Å². The predicted octanol–water partition coefficient (Wildman–Crippen LogP) is 3.60. The molecule has 7 nitrogen and oxygen atoms in total. The maximum atomic E-state index is 14.4. The molecule has 0 aliphatic carbocycles. The summed E-state index contributed by atoms with van der Waals surface area (Å²) in [6.45, 7) is 0. The van der Waals surface area contributed by atoms with Gasteiger partial charge in [0, 0.05) is 18.6 Å². The fourth-order valence-corrected chi connectivity index (χ4v) is 3.69. The number of carbonyl (C=O) groups excluding carboxylic acids is 1. The van der Waals surface area contributed by atoms with Crippen LogP contribution in [0.4, 0.5) is 14.5 Å². The number of para-hydroxylation sites is 1. The van der Waals surface area contributed by atoms with E-state index in [2.05, 4.69) is 10.4 Å². The van der Waals surface area contributed by atoms with Crippen molar-refractivity contribution in [3.8, 4) is 11.5 Å². The van der Waals surface area contributed by atoms with Crippen LogP contribution in [0.15, 0.2) is 78.1 Å². The molecule has 1 N–H and O–H groups in total. The molecule has 4 rings (SSSR count). The molecule has 31 heavy (non-hydrogen) atoms. The molecule has 10 heteroatoms. The Kier molecular flexibility index (Phi) is 5.15. The van der Waals surface area contributed by atoms with E-state index in [-0.39, 0.29) is 27.7 Å². The third kappa shape index (κ3) is 3.97. The lowest BCUT2D eigenvalue weighted by molar-refractivity contribution is 0.102. The Morgan fingerprint density at radius 2 is 1.71 bits per heavy atom. The Balaban J connectivity index is 1.79. The smallest absolute Gasteiger partial charge is 0.261 e. The fourth-order valence-electron chi connectivity index (χ4n) is 3.05. The van der Waals surface area contributed by atoms with Crippen molar-refractivity contribution in [3.05, 3.63) is 90.4 Å². The Morgan fingerprint density at radius 3 is 2.39 bits per heavy atom. The monoisotopic (exact) mass is 442 g/mol. The number of carbonyl (C=O) groups is 1. The highest BCUT2D eigenvalue weighted by molar-refractivity contribution is 7.90. The van der Waals surface area contributed by atoms with Crippen molar-refractivity contribution >= 4 is 21.4 Å². The van der Waals surface area contributed by atoms with Gasteiger partial charge in [0.2, 0.25) is 0 Å². The van der Waals surface area contributed by atoms with E-state index in [1.165, 1.54) is 29.1 Å². The van der Waals surface area contributed by atoms with E-state index in [9.17, 15) is 22.0 Å². The number of hydrogen-bond acceptors (Lipinski definition) is 4. The molecule has 0 radical (unpaired) electrons. The summed E-state index contributed by atoms with van der Waals surface area (Å²) in [7, 11) is -3.60. The zero-order chi connectivity index (χ0) is 22.2. The van der Waals surface area contributed by atoms with E-state index in [1.54, 1.807) is 35.2 Å². The van der Waals surface area contributed by atoms with E-state index < -0.39 is 27.4 Å². The number of sulfone groups is 1. The van der Waals surface area contributed by atoms with E-state index >= 15 is 0 Å². The summed E-state index contributed by atoms with van der Waals surface area (Å²) >= 11 is 0. The van der Waals surface area contributed by atoms with Crippen LogP contribution in [0.5, 0.6) is 0 Å². The van der Waals surface area contributed by atoms with E-state index in [1.807, 2.05) is 0 Å². The van der Waals surface area contributed by atoms with Gasteiger partial charge in [0.15, 0.2) is 15.7 Å². The molecule has 0 aliphatic heterocycles. The van der Waals surface area contributed by atoms with Gasteiger partial charge < -0.3 is 9.88 Å². The minimum Gasteiger partial charge on any atom is -0.319 e. The first-order valence-electron chi connectivity index (χ1n) is 9.03. The Hall–Kier alpha value is -3.79. The van der Waals surface area contributed by atoms with Gasteiger partial charge in [-0.05, 0) is 42.5 Å². The van der Waals surface area contributed by atoms with Crippen molar-refractivity contribution in [2.24, 2.45) is 0 Å². The number of anilines is 1. The highest BCUT2D eigenvalue weighted by Crippen LogP contribution is 2.24.